The first-order chi connectivity index (χ1) is 10.3. The second-order valence-corrected chi connectivity index (χ2v) is 6.39. The number of hydrogen-bond donors (Lipinski definition) is 1. The van der Waals surface area contributed by atoms with Gasteiger partial charge >= 0.3 is 12.2 Å². The van der Waals surface area contributed by atoms with Crippen LogP contribution in [0.25, 0.3) is 0 Å². The molecule has 5 nitrogen and oxygen atoms in total. The van der Waals surface area contributed by atoms with Gasteiger partial charge in [0.1, 0.15) is 6.54 Å². The monoisotopic (exact) mass is 322 g/mol. The molecule has 0 bridgehead atoms. The fourth-order valence-electron chi connectivity index (χ4n) is 3.30. The Balaban J connectivity index is 1.80. The number of urea groups is 1. The normalized spacial score (nSPS) is 28.7. The minimum atomic E-state index is -4.36. The topological polar surface area (TPSA) is 38.8 Å². The van der Waals surface area contributed by atoms with E-state index >= 15 is 0 Å². The molecule has 1 N–H and O–H groups in total. The molecule has 0 aromatic rings. The van der Waals surface area contributed by atoms with Crippen molar-refractivity contribution in [3.63, 3.8) is 0 Å². The van der Waals surface area contributed by atoms with Gasteiger partial charge in [-0.1, -0.05) is 6.92 Å². The lowest BCUT2D eigenvalue weighted by molar-refractivity contribution is -0.123. The molecule has 2 unspecified atom stereocenters. The molecule has 0 aliphatic carbocycles. The number of carbonyl (C=O) groups excluding carboxylic acids is 1. The summed E-state index contributed by atoms with van der Waals surface area (Å²) < 4.78 is 36.5. The van der Waals surface area contributed by atoms with Crippen molar-refractivity contribution in [2.75, 3.05) is 52.9 Å². The first-order valence-electron chi connectivity index (χ1n) is 7.78. The third-order valence-electron chi connectivity index (χ3n) is 4.59. The minimum Gasteiger partial charge on any atom is -0.329 e. The van der Waals surface area contributed by atoms with Crippen molar-refractivity contribution in [2.45, 2.75) is 25.6 Å². The Labute approximate surface area is 129 Å². The van der Waals surface area contributed by atoms with Crippen molar-refractivity contribution in [3.05, 3.63) is 0 Å². The van der Waals surface area contributed by atoms with E-state index < -0.39 is 18.8 Å². The summed E-state index contributed by atoms with van der Waals surface area (Å²) in [6, 6.07) is -0.193. The Morgan fingerprint density at radius 2 is 1.82 bits per heavy atom. The second-order valence-electron chi connectivity index (χ2n) is 6.39. The van der Waals surface area contributed by atoms with E-state index in [9.17, 15) is 18.0 Å². The zero-order valence-electron chi connectivity index (χ0n) is 13.2. The van der Waals surface area contributed by atoms with Crippen LogP contribution in [-0.2, 0) is 0 Å². The number of piperidine rings is 1. The highest BCUT2D eigenvalue weighted by Gasteiger charge is 2.34. The van der Waals surface area contributed by atoms with Gasteiger partial charge in [0.2, 0.25) is 0 Å². The fraction of sp³-hybridized carbons (Fsp3) is 0.929. The number of carbonyl (C=O) groups is 1. The van der Waals surface area contributed by atoms with Gasteiger partial charge in [-0.15, -0.1) is 0 Å². The summed E-state index contributed by atoms with van der Waals surface area (Å²) in [5.41, 5.74) is 0. The Hall–Kier alpha value is -1.02. The average molecular weight is 322 g/mol. The van der Waals surface area contributed by atoms with Crippen LogP contribution in [-0.4, -0.2) is 85.8 Å². The van der Waals surface area contributed by atoms with Gasteiger partial charge in [0.05, 0.1) is 0 Å². The highest BCUT2D eigenvalue weighted by Crippen LogP contribution is 2.23. The van der Waals surface area contributed by atoms with Crippen LogP contribution in [0.15, 0.2) is 0 Å². The molecule has 2 aliphatic heterocycles. The van der Waals surface area contributed by atoms with Crippen molar-refractivity contribution in [1.82, 2.24) is 20.0 Å². The number of hydrogen-bond acceptors (Lipinski definition) is 3. The molecule has 2 atom stereocenters. The number of amides is 2. The van der Waals surface area contributed by atoms with Crippen molar-refractivity contribution >= 4 is 6.03 Å². The maximum Gasteiger partial charge on any atom is 0.405 e. The Morgan fingerprint density at radius 3 is 2.36 bits per heavy atom. The van der Waals surface area contributed by atoms with Crippen LogP contribution >= 0.6 is 0 Å². The molecule has 2 rings (SSSR count). The van der Waals surface area contributed by atoms with Gasteiger partial charge in [-0.3, -0.25) is 4.90 Å². The fourth-order valence-corrected chi connectivity index (χ4v) is 3.30. The number of rotatable bonds is 2. The zero-order chi connectivity index (χ0) is 16.3. The van der Waals surface area contributed by atoms with Gasteiger partial charge < -0.3 is 15.1 Å². The zero-order valence-corrected chi connectivity index (χ0v) is 13.2. The molecule has 22 heavy (non-hydrogen) atoms. The van der Waals surface area contributed by atoms with Crippen LogP contribution in [0, 0.1) is 5.92 Å². The van der Waals surface area contributed by atoms with Gasteiger partial charge in [-0.2, -0.15) is 13.2 Å². The average Bonchev–Trinajstić information content (AvgIpc) is 2.45. The molecule has 2 aliphatic rings. The highest BCUT2D eigenvalue weighted by molar-refractivity contribution is 5.74. The van der Waals surface area contributed by atoms with Crippen molar-refractivity contribution in [2.24, 2.45) is 5.92 Å². The summed E-state index contributed by atoms with van der Waals surface area (Å²) in [5, 5.41) is 1.95. The highest BCUT2D eigenvalue weighted by atomic mass is 19.4. The summed E-state index contributed by atoms with van der Waals surface area (Å²) in [6.45, 7) is 5.96. The van der Waals surface area contributed by atoms with Gasteiger partial charge in [-0.05, 0) is 19.4 Å². The number of likely N-dealkylation sites (tertiary alicyclic amines) is 1. The van der Waals surface area contributed by atoms with Crippen LogP contribution in [0.4, 0.5) is 18.0 Å². The second kappa shape index (κ2) is 7.04. The van der Waals surface area contributed by atoms with Gasteiger partial charge in [0, 0.05) is 45.3 Å². The predicted octanol–water partition coefficient (Wildman–Crippen LogP) is 1.22. The number of likely N-dealkylation sites (N-methyl/N-ethyl adjacent to an activating group) is 1. The number of piperazine rings is 1. The van der Waals surface area contributed by atoms with Crippen LogP contribution in [0.1, 0.15) is 13.3 Å². The van der Waals surface area contributed by atoms with Crippen molar-refractivity contribution in [3.8, 4) is 0 Å². The molecule has 2 saturated heterocycles. The molecule has 2 heterocycles. The SMILES string of the molecule is CC1CN(C(=O)NCC(F)(F)F)CCC1N1CCN(C)CC1. The standard InChI is InChI=1S/C14H25F3N4O/c1-11-9-21(13(22)18-10-14(15,16)17)4-3-12(11)20-7-5-19(2)6-8-20/h11-12H,3-10H2,1-2H3,(H,18,22). The maximum atomic E-state index is 12.2. The molecule has 0 radical (unpaired) electrons. The van der Waals surface area contributed by atoms with Crippen LogP contribution in [0.5, 0.6) is 0 Å². The van der Waals surface area contributed by atoms with E-state index in [2.05, 4.69) is 23.8 Å². The molecule has 8 heteroatoms. The molecule has 128 valence electrons. The summed E-state index contributed by atoms with van der Waals surface area (Å²) in [4.78, 5) is 18.1. The number of nitrogens with zero attached hydrogens (tertiary/aromatic N) is 3. The first kappa shape index (κ1) is 17.3. The molecular weight excluding hydrogens is 297 g/mol. The smallest absolute Gasteiger partial charge is 0.329 e. The molecular formula is C14H25F3N4O. The lowest BCUT2D eigenvalue weighted by Gasteiger charge is -2.45. The number of halogens is 3. The molecule has 0 aromatic heterocycles. The van der Waals surface area contributed by atoms with E-state index in [1.165, 1.54) is 4.90 Å². The van der Waals surface area contributed by atoms with Crippen LogP contribution in [0.2, 0.25) is 0 Å². The third kappa shape index (κ3) is 4.74. The van der Waals surface area contributed by atoms with Crippen molar-refractivity contribution in [1.29, 1.82) is 0 Å². The molecule has 0 spiro atoms. The molecule has 2 fully saturated rings. The van der Waals surface area contributed by atoms with Crippen LogP contribution in [0.3, 0.4) is 0 Å². The van der Waals surface area contributed by atoms with Gasteiger partial charge in [0.15, 0.2) is 0 Å². The van der Waals surface area contributed by atoms with E-state index in [0.29, 0.717) is 19.1 Å². The first-order valence-corrected chi connectivity index (χ1v) is 7.78. The lowest BCUT2D eigenvalue weighted by atomic mass is 9.92. The van der Waals surface area contributed by atoms with Crippen molar-refractivity contribution < 1.29 is 18.0 Å². The predicted molar refractivity (Wildman–Crippen MR) is 77.7 cm³/mol. The Morgan fingerprint density at radius 1 is 1.18 bits per heavy atom. The summed E-state index contributed by atoms with van der Waals surface area (Å²) in [5.74, 6) is 0.272. The van der Waals surface area contributed by atoms with E-state index in [0.717, 1.165) is 32.6 Å². The molecule has 0 saturated carbocycles. The third-order valence-corrected chi connectivity index (χ3v) is 4.59. The largest absolute Gasteiger partial charge is 0.405 e. The number of nitrogens with one attached hydrogen (secondary N) is 1. The van der Waals surface area contributed by atoms with E-state index in [1.807, 2.05) is 5.32 Å². The summed E-state index contributed by atoms with van der Waals surface area (Å²) in [6.07, 6.45) is -3.54. The van der Waals surface area contributed by atoms with Gasteiger partial charge in [-0.25, -0.2) is 4.79 Å². The minimum absolute atomic E-state index is 0.272. The van der Waals surface area contributed by atoms with Crippen LogP contribution < -0.4 is 5.32 Å². The maximum absolute atomic E-state index is 12.2. The van der Waals surface area contributed by atoms with E-state index in [-0.39, 0.29) is 5.92 Å². The summed E-state index contributed by atoms with van der Waals surface area (Å²) >= 11 is 0. The lowest BCUT2D eigenvalue weighted by Crippen LogP contribution is -2.57. The van der Waals surface area contributed by atoms with E-state index in [4.69, 9.17) is 0 Å². The van der Waals surface area contributed by atoms with E-state index in [1.54, 1.807) is 0 Å². The van der Waals surface area contributed by atoms with Gasteiger partial charge in [0.25, 0.3) is 0 Å². The quantitative estimate of drug-likeness (QED) is 0.831. The Kier molecular flexibility index (Phi) is 5.55. The Bertz CT molecular complexity index is 383. The molecule has 2 amide bonds. The molecule has 0 aromatic carbocycles. The summed E-state index contributed by atoms with van der Waals surface area (Å²) in [7, 11) is 2.11. The number of alkyl halides is 3.